The molecule has 1 amide bonds. The zero-order chi connectivity index (χ0) is 24.1. The second kappa shape index (κ2) is 10.4. The number of nitriles is 1. The summed E-state index contributed by atoms with van der Waals surface area (Å²) in [5, 5.41) is 17.4. The number of hydrogen-bond acceptors (Lipinski definition) is 6. The first-order valence-electron chi connectivity index (χ1n) is 11.4. The standard InChI is InChI=1S/C27H29N5O2/c1-18(15-28)16-29-26-22-14-20(10-9-19(22)11-12-25(26)34-3)23-7-4-8-24(31-23)27(33)30-21-6-5-13-32(2)17-21/h4,7-12,14,21,29H,1,5-6,13,16-17H2,2-3H3,(H,30,33). The van der Waals surface area contributed by atoms with Gasteiger partial charge in [-0.1, -0.05) is 30.8 Å². The molecule has 1 aliphatic heterocycles. The predicted molar refractivity (Wildman–Crippen MR) is 135 cm³/mol. The van der Waals surface area contributed by atoms with Crippen molar-refractivity contribution in [2.45, 2.75) is 18.9 Å². The van der Waals surface area contributed by atoms with Crippen molar-refractivity contribution in [3.05, 3.63) is 66.4 Å². The zero-order valence-electron chi connectivity index (χ0n) is 19.6. The third-order valence-corrected chi connectivity index (χ3v) is 6.08. The minimum absolute atomic E-state index is 0.140. The van der Waals surface area contributed by atoms with Crippen LogP contribution in [0, 0.1) is 11.3 Å². The molecule has 7 heteroatoms. The number of aromatic nitrogens is 1. The maximum Gasteiger partial charge on any atom is 0.270 e. The summed E-state index contributed by atoms with van der Waals surface area (Å²) in [4.78, 5) is 19.8. The highest BCUT2D eigenvalue weighted by Crippen LogP contribution is 2.35. The number of pyridine rings is 1. The number of benzene rings is 2. The van der Waals surface area contributed by atoms with Crippen molar-refractivity contribution in [1.29, 1.82) is 5.26 Å². The molecule has 1 fully saturated rings. The number of methoxy groups -OCH3 is 1. The number of amides is 1. The van der Waals surface area contributed by atoms with Crippen molar-refractivity contribution < 1.29 is 9.53 Å². The molecule has 1 aromatic heterocycles. The third kappa shape index (κ3) is 5.19. The van der Waals surface area contributed by atoms with Gasteiger partial charge in [0.05, 0.1) is 24.6 Å². The monoisotopic (exact) mass is 455 g/mol. The van der Waals surface area contributed by atoms with E-state index in [9.17, 15) is 4.79 Å². The minimum Gasteiger partial charge on any atom is -0.495 e. The number of rotatable bonds is 7. The van der Waals surface area contributed by atoms with Crippen LogP contribution in [0.2, 0.25) is 0 Å². The molecule has 4 rings (SSSR count). The van der Waals surface area contributed by atoms with E-state index in [0.29, 0.717) is 29.3 Å². The summed E-state index contributed by atoms with van der Waals surface area (Å²) in [6, 6.07) is 17.6. The molecule has 2 aromatic carbocycles. The third-order valence-electron chi connectivity index (χ3n) is 6.08. The smallest absolute Gasteiger partial charge is 0.270 e. The molecule has 0 aliphatic carbocycles. The van der Waals surface area contributed by atoms with Crippen LogP contribution in [0.15, 0.2) is 60.7 Å². The Bertz CT molecular complexity index is 1260. The Kier molecular flexibility index (Phi) is 7.09. The van der Waals surface area contributed by atoms with Crippen molar-refractivity contribution in [1.82, 2.24) is 15.2 Å². The molecule has 3 aromatic rings. The van der Waals surface area contributed by atoms with Crippen LogP contribution < -0.4 is 15.4 Å². The van der Waals surface area contributed by atoms with Crippen molar-refractivity contribution in [3.8, 4) is 23.1 Å². The van der Waals surface area contributed by atoms with Crippen LogP contribution in [0.25, 0.3) is 22.0 Å². The topological polar surface area (TPSA) is 90.3 Å². The number of nitrogens with zero attached hydrogens (tertiary/aromatic N) is 3. The van der Waals surface area contributed by atoms with E-state index in [1.54, 1.807) is 13.2 Å². The molecule has 0 bridgehead atoms. The average molecular weight is 456 g/mol. The average Bonchev–Trinajstić information content (AvgIpc) is 2.86. The number of nitrogens with one attached hydrogen (secondary N) is 2. The first kappa shape index (κ1) is 23.3. The molecule has 174 valence electrons. The highest BCUT2D eigenvalue weighted by molar-refractivity contribution is 5.99. The molecule has 34 heavy (non-hydrogen) atoms. The fourth-order valence-electron chi connectivity index (χ4n) is 4.31. The van der Waals surface area contributed by atoms with Crippen LogP contribution in [0.3, 0.4) is 0 Å². The lowest BCUT2D eigenvalue weighted by molar-refractivity contribution is 0.0907. The van der Waals surface area contributed by atoms with Crippen molar-refractivity contribution in [3.63, 3.8) is 0 Å². The first-order chi connectivity index (χ1) is 16.5. The molecule has 1 unspecified atom stereocenters. The summed E-state index contributed by atoms with van der Waals surface area (Å²) >= 11 is 0. The summed E-state index contributed by atoms with van der Waals surface area (Å²) in [5.74, 6) is 0.524. The Hall–Kier alpha value is -3.89. The van der Waals surface area contributed by atoms with Crippen LogP contribution in [-0.2, 0) is 0 Å². The molecule has 1 aliphatic rings. The summed E-state index contributed by atoms with van der Waals surface area (Å²) in [6.07, 6.45) is 2.06. The number of carbonyl (C=O) groups excluding carboxylic acids is 1. The maximum absolute atomic E-state index is 12.9. The van der Waals surface area contributed by atoms with Crippen LogP contribution in [0.5, 0.6) is 5.75 Å². The number of hydrogen-bond donors (Lipinski definition) is 2. The fourth-order valence-corrected chi connectivity index (χ4v) is 4.31. The lowest BCUT2D eigenvalue weighted by Crippen LogP contribution is -2.46. The van der Waals surface area contributed by atoms with E-state index in [1.807, 2.05) is 42.5 Å². The van der Waals surface area contributed by atoms with Gasteiger partial charge in [-0.15, -0.1) is 0 Å². The molecule has 1 atom stereocenters. The highest BCUT2D eigenvalue weighted by atomic mass is 16.5. The van der Waals surface area contributed by atoms with Gasteiger partial charge in [0.1, 0.15) is 11.4 Å². The Balaban J connectivity index is 1.64. The lowest BCUT2D eigenvalue weighted by atomic mass is 10.0. The first-order valence-corrected chi connectivity index (χ1v) is 11.4. The molecular weight excluding hydrogens is 426 g/mol. The molecule has 2 heterocycles. The SMILES string of the molecule is C=C(C#N)CNc1c(OC)ccc2ccc(-c3cccc(C(=O)NC4CCCN(C)C4)n3)cc12. The summed E-state index contributed by atoms with van der Waals surface area (Å²) < 4.78 is 5.55. The van der Waals surface area contributed by atoms with Gasteiger partial charge in [-0.3, -0.25) is 4.79 Å². The Morgan fingerprint density at radius 2 is 2.12 bits per heavy atom. The fraction of sp³-hybridized carbons (Fsp3) is 0.296. The van der Waals surface area contributed by atoms with Gasteiger partial charge in [-0.05, 0) is 56.1 Å². The Morgan fingerprint density at radius 1 is 1.29 bits per heavy atom. The van der Waals surface area contributed by atoms with Crippen LogP contribution >= 0.6 is 0 Å². The summed E-state index contributed by atoms with van der Waals surface area (Å²) in [5.41, 5.74) is 3.22. The number of fused-ring (bicyclic) bond motifs is 1. The number of ether oxygens (including phenoxy) is 1. The summed E-state index contributed by atoms with van der Waals surface area (Å²) in [6.45, 7) is 5.98. The van der Waals surface area contributed by atoms with Crippen molar-refractivity contribution >= 4 is 22.4 Å². The van der Waals surface area contributed by atoms with E-state index in [2.05, 4.69) is 40.2 Å². The van der Waals surface area contributed by atoms with E-state index in [-0.39, 0.29) is 11.9 Å². The lowest BCUT2D eigenvalue weighted by Gasteiger charge is -2.30. The number of anilines is 1. The van der Waals surface area contributed by atoms with Gasteiger partial charge in [0.2, 0.25) is 0 Å². The maximum atomic E-state index is 12.9. The van der Waals surface area contributed by atoms with E-state index < -0.39 is 0 Å². The van der Waals surface area contributed by atoms with Crippen molar-refractivity contribution in [2.75, 3.05) is 39.1 Å². The minimum atomic E-state index is -0.151. The molecule has 0 spiro atoms. The van der Waals surface area contributed by atoms with E-state index >= 15 is 0 Å². The zero-order valence-corrected chi connectivity index (χ0v) is 19.6. The van der Waals surface area contributed by atoms with Crippen LogP contribution in [-0.4, -0.2) is 55.6 Å². The quantitative estimate of drug-likeness (QED) is 0.518. The number of likely N-dealkylation sites (N-methyl/N-ethyl adjacent to an activating group) is 1. The number of likely N-dealkylation sites (tertiary alicyclic amines) is 1. The molecule has 2 N–H and O–H groups in total. The van der Waals surface area contributed by atoms with Gasteiger partial charge < -0.3 is 20.3 Å². The highest BCUT2D eigenvalue weighted by Gasteiger charge is 2.20. The van der Waals surface area contributed by atoms with Crippen molar-refractivity contribution in [2.24, 2.45) is 0 Å². The Labute approximate surface area is 200 Å². The molecule has 0 radical (unpaired) electrons. The van der Waals surface area contributed by atoms with Gasteiger partial charge in [-0.2, -0.15) is 5.26 Å². The predicted octanol–water partition coefficient (Wildman–Crippen LogP) is 4.23. The van der Waals surface area contributed by atoms with Crippen LogP contribution in [0.4, 0.5) is 5.69 Å². The van der Waals surface area contributed by atoms with E-state index in [4.69, 9.17) is 10.00 Å². The Morgan fingerprint density at radius 3 is 2.88 bits per heavy atom. The van der Waals surface area contributed by atoms with E-state index in [1.165, 1.54) is 0 Å². The number of piperidine rings is 1. The molecule has 1 saturated heterocycles. The second-order valence-electron chi connectivity index (χ2n) is 8.63. The normalized spacial score (nSPS) is 16.0. The molecule has 0 saturated carbocycles. The van der Waals surface area contributed by atoms with Crippen LogP contribution in [0.1, 0.15) is 23.3 Å². The van der Waals surface area contributed by atoms with Gasteiger partial charge in [0.15, 0.2) is 0 Å². The van der Waals surface area contributed by atoms with Gasteiger partial charge in [-0.25, -0.2) is 4.98 Å². The summed E-state index contributed by atoms with van der Waals surface area (Å²) in [7, 11) is 3.69. The van der Waals surface area contributed by atoms with Gasteiger partial charge in [0.25, 0.3) is 5.91 Å². The molecular formula is C27H29N5O2. The van der Waals surface area contributed by atoms with Gasteiger partial charge in [0, 0.05) is 35.7 Å². The molecule has 7 nitrogen and oxygen atoms in total. The van der Waals surface area contributed by atoms with Gasteiger partial charge >= 0.3 is 0 Å². The number of carbonyl (C=O) groups is 1. The second-order valence-corrected chi connectivity index (χ2v) is 8.63. The largest absolute Gasteiger partial charge is 0.495 e. The van der Waals surface area contributed by atoms with E-state index in [0.717, 1.165) is 48.0 Å².